The van der Waals surface area contributed by atoms with Gasteiger partial charge in [-0.25, -0.2) is 0 Å². The zero-order chi connectivity index (χ0) is 13.4. The summed E-state index contributed by atoms with van der Waals surface area (Å²) in [6.45, 7) is 3.68. The molecule has 3 N–H and O–H groups in total. The fourth-order valence-corrected chi connectivity index (χ4v) is 1.91. The van der Waals surface area contributed by atoms with E-state index in [1.807, 2.05) is 18.2 Å². The fraction of sp³-hybridized carbons (Fsp3) is 0.500. The standard InChI is InChI=1S/C14H23N3O/c1-12(9-11-18-2)17(10-8-14(15)16)13-6-4-3-5-7-13/h3-7,12H,8-11H2,1-2H3,(H3,15,16). The molecule has 0 heterocycles. The summed E-state index contributed by atoms with van der Waals surface area (Å²) < 4.78 is 5.13. The van der Waals surface area contributed by atoms with Crippen molar-refractivity contribution < 1.29 is 4.74 Å². The smallest absolute Gasteiger partial charge is 0.0923 e. The Hall–Kier alpha value is -1.55. The molecule has 0 spiro atoms. The Morgan fingerprint density at radius 3 is 2.61 bits per heavy atom. The molecule has 1 aromatic rings. The molecular formula is C14H23N3O. The summed E-state index contributed by atoms with van der Waals surface area (Å²) in [7, 11) is 1.72. The van der Waals surface area contributed by atoms with Gasteiger partial charge in [-0.05, 0) is 25.5 Å². The first-order chi connectivity index (χ1) is 8.65. The Kier molecular flexibility index (Phi) is 6.22. The fourth-order valence-electron chi connectivity index (χ4n) is 1.91. The van der Waals surface area contributed by atoms with Crippen LogP contribution < -0.4 is 10.6 Å². The first-order valence-electron chi connectivity index (χ1n) is 6.28. The van der Waals surface area contributed by atoms with Crippen LogP contribution in [-0.2, 0) is 4.74 Å². The molecule has 0 bridgehead atoms. The Labute approximate surface area is 109 Å². The molecule has 100 valence electrons. The minimum absolute atomic E-state index is 0.231. The van der Waals surface area contributed by atoms with E-state index in [1.165, 1.54) is 5.69 Å². The van der Waals surface area contributed by atoms with Crippen molar-refractivity contribution in [3.63, 3.8) is 0 Å². The highest BCUT2D eigenvalue weighted by Gasteiger charge is 2.14. The monoisotopic (exact) mass is 249 g/mol. The highest BCUT2D eigenvalue weighted by atomic mass is 16.5. The summed E-state index contributed by atoms with van der Waals surface area (Å²) in [5.74, 6) is 0.231. The minimum atomic E-state index is 0.231. The zero-order valence-corrected chi connectivity index (χ0v) is 11.2. The van der Waals surface area contributed by atoms with Crippen LogP contribution in [-0.4, -0.2) is 32.1 Å². The van der Waals surface area contributed by atoms with Gasteiger partial charge in [0.2, 0.25) is 0 Å². The number of hydrogen-bond acceptors (Lipinski definition) is 3. The van der Waals surface area contributed by atoms with Gasteiger partial charge in [-0.15, -0.1) is 0 Å². The van der Waals surface area contributed by atoms with Gasteiger partial charge < -0.3 is 15.4 Å². The number of amidine groups is 1. The number of nitrogens with zero attached hydrogens (tertiary/aromatic N) is 1. The highest BCUT2D eigenvalue weighted by molar-refractivity contribution is 5.77. The van der Waals surface area contributed by atoms with Crippen molar-refractivity contribution in [2.45, 2.75) is 25.8 Å². The number of hydrogen-bond donors (Lipinski definition) is 2. The molecule has 0 saturated carbocycles. The quantitative estimate of drug-likeness (QED) is 0.548. The van der Waals surface area contributed by atoms with Gasteiger partial charge in [-0.2, -0.15) is 0 Å². The van der Waals surface area contributed by atoms with Crippen LogP contribution in [0, 0.1) is 5.41 Å². The van der Waals surface area contributed by atoms with Crippen LogP contribution in [0.2, 0.25) is 0 Å². The van der Waals surface area contributed by atoms with E-state index in [0.717, 1.165) is 19.6 Å². The van der Waals surface area contributed by atoms with Crippen molar-refractivity contribution in [2.75, 3.05) is 25.2 Å². The predicted molar refractivity (Wildman–Crippen MR) is 76.3 cm³/mol. The van der Waals surface area contributed by atoms with Gasteiger partial charge in [-0.1, -0.05) is 18.2 Å². The largest absolute Gasteiger partial charge is 0.388 e. The zero-order valence-electron chi connectivity index (χ0n) is 11.2. The first-order valence-corrected chi connectivity index (χ1v) is 6.28. The van der Waals surface area contributed by atoms with Crippen LogP contribution in [0.25, 0.3) is 0 Å². The number of nitrogens with two attached hydrogens (primary N) is 1. The van der Waals surface area contributed by atoms with Crippen molar-refractivity contribution in [3.05, 3.63) is 30.3 Å². The van der Waals surface area contributed by atoms with Gasteiger partial charge in [0.05, 0.1) is 5.84 Å². The molecule has 1 unspecified atom stereocenters. The number of anilines is 1. The lowest BCUT2D eigenvalue weighted by atomic mass is 10.1. The molecule has 1 aromatic carbocycles. The summed E-state index contributed by atoms with van der Waals surface area (Å²) in [6.07, 6.45) is 1.55. The number of rotatable bonds is 8. The van der Waals surface area contributed by atoms with Crippen molar-refractivity contribution in [3.8, 4) is 0 Å². The second-order valence-corrected chi connectivity index (χ2v) is 4.43. The third-order valence-corrected chi connectivity index (χ3v) is 2.98. The summed E-state index contributed by atoms with van der Waals surface area (Å²) in [5.41, 5.74) is 6.62. The third kappa shape index (κ3) is 4.75. The molecule has 0 radical (unpaired) electrons. The molecule has 0 saturated heterocycles. The molecule has 0 aliphatic rings. The minimum Gasteiger partial charge on any atom is -0.388 e. The Morgan fingerprint density at radius 1 is 1.39 bits per heavy atom. The van der Waals surface area contributed by atoms with E-state index in [2.05, 4.69) is 24.0 Å². The van der Waals surface area contributed by atoms with E-state index in [0.29, 0.717) is 12.5 Å². The van der Waals surface area contributed by atoms with Crippen LogP contribution in [0.5, 0.6) is 0 Å². The number of methoxy groups -OCH3 is 1. The van der Waals surface area contributed by atoms with Gasteiger partial charge >= 0.3 is 0 Å². The van der Waals surface area contributed by atoms with Crippen LogP contribution in [0.1, 0.15) is 19.8 Å². The molecule has 0 fully saturated rings. The van der Waals surface area contributed by atoms with Crippen molar-refractivity contribution in [1.29, 1.82) is 5.41 Å². The number of nitrogens with one attached hydrogen (secondary N) is 1. The molecule has 4 nitrogen and oxygen atoms in total. The Morgan fingerprint density at radius 2 is 2.06 bits per heavy atom. The van der Waals surface area contributed by atoms with Crippen LogP contribution in [0.3, 0.4) is 0 Å². The average Bonchev–Trinajstić information content (AvgIpc) is 2.37. The molecule has 1 atom stereocenters. The van der Waals surface area contributed by atoms with Gasteiger partial charge in [0.15, 0.2) is 0 Å². The summed E-state index contributed by atoms with van der Waals surface area (Å²) >= 11 is 0. The molecule has 18 heavy (non-hydrogen) atoms. The maximum absolute atomic E-state index is 7.36. The van der Waals surface area contributed by atoms with E-state index in [1.54, 1.807) is 7.11 Å². The molecule has 0 aliphatic heterocycles. The average molecular weight is 249 g/mol. The normalized spacial score (nSPS) is 12.1. The Bertz CT molecular complexity index is 353. The second-order valence-electron chi connectivity index (χ2n) is 4.43. The maximum Gasteiger partial charge on any atom is 0.0923 e. The van der Waals surface area contributed by atoms with E-state index >= 15 is 0 Å². The summed E-state index contributed by atoms with van der Waals surface area (Å²) in [5, 5.41) is 7.36. The SMILES string of the molecule is COCCC(C)N(CCC(=N)N)c1ccccc1. The number of para-hydroxylation sites is 1. The molecule has 4 heteroatoms. The van der Waals surface area contributed by atoms with Crippen molar-refractivity contribution >= 4 is 11.5 Å². The number of ether oxygens (including phenoxy) is 1. The van der Waals surface area contributed by atoms with Crippen molar-refractivity contribution in [2.24, 2.45) is 5.73 Å². The van der Waals surface area contributed by atoms with E-state index in [-0.39, 0.29) is 5.84 Å². The summed E-state index contributed by atoms with van der Waals surface area (Å²) in [6, 6.07) is 10.6. The lowest BCUT2D eigenvalue weighted by molar-refractivity contribution is 0.188. The van der Waals surface area contributed by atoms with E-state index in [9.17, 15) is 0 Å². The molecular weight excluding hydrogens is 226 g/mol. The topological polar surface area (TPSA) is 62.3 Å². The lowest BCUT2D eigenvalue weighted by Crippen LogP contribution is -2.36. The predicted octanol–water partition coefficient (Wildman–Crippen LogP) is 2.24. The second kappa shape index (κ2) is 7.71. The third-order valence-electron chi connectivity index (χ3n) is 2.98. The van der Waals surface area contributed by atoms with Gasteiger partial charge in [0, 0.05) is 38.4 Å². The first kappa shape index (κ1) is 14.5. The van der Waals surface area contributed by atoms with E-state index < -0.39 is 0 Å². The van der Waals surface area contributed by atoms with Gasteiger partial charge in [0.25, 0.3) is 0 Å². The molecule has 1 rings (SSSR count). The van der Waals surface area contributed by atoms with Gasteiger partial charge in [0.1, 0.15) is 0 Å². The molecule has 0 aliphatic carbocycles. The molecule has 0 amide bonds. The van der Waals surface area contributed by atoms with Gasteiger partial charge in [-0.3, -0.25) is 5.41 Å². The maximum atomic E-state index is 7.36. The summed E-state index contributed by atoms with van der Waals surface area (Å²) in [4.78, 5) is 2.28. The van der Waals surface area contributed by atoms with Crippen molar-refractivity contribution in [1.82, 2.24) is 0 Å². The Balaban J connectivity index is 2.71. The molecule has 0 aromatic heterocycles. The van der Waals surface area contributed by atoms with Crippen LogP contribution in [0.15, 0.2) is 30.3 Å². The highest BCUT2D eigenvalue weighted by Crippen LogP contribution is 2.18. The number of benzene rings is 1. The van der Waals surface area contributed by atoms with E-state index in [4.69, 9.17) is 15.9 Å². The van der Waals surface area contributed by atoms with Crippen LogP contribution in [0.4, 0.5) is 5.69 Å². The lowest BCUT2D eigenvalue weighted by Gasteiger charge is -2.31. The van der Waals surface area contributed by atoms with Crippen LogP contribution >= 0.6 is 0 Å².